The fourth-order valence-electron chi connectivity index (χ4n) is 1.20. The van der Waals surface area contributed by atoms with Crippen LogP contribution in [0.3, 0.4) is 0 Å². The molecule has 1 amide bonds. The van der Waals surface area contributed by atoms with E-state index in [1.54, 1.807) is 0 Å². The summed E-state index contributed by atoms with van der Waals surface area (Å²) in [4.78, 5) is 10.8. The maximum absolute atomic E-state index is 11.6. The van der Waals surface area contributed by atoms with Gasteiger partial charge in [-0.2, -0.15) is 13.2 Å². The van der Waals surface area contributed by atoms with Crippen molar-refractivity contribution in [3.63, 3.8) is 0 Å². The molecule has 0 aromatic heterocycles. The monoisotopic (exact) mass is 227 g/mol. The molecule has 1 fully saturated rings. The molecule has 1 heterocycles. The van der Waals surface area contributed by atoms with Crippen LogP contribution in [0.25, 0.3) is 0 Å². The van der Waals surface area contributed by atoms with Crippen LogP contribution in [0.15, 0.2) is 0 Å². The van der Waals surface area contributed by atoms with Crippen LogP contribution in [0.1, 0.15) is 12.8 Å². The average molecular weight is 227 g/mol. The predicted octanol–water partition coefficient (Wildman–Crippen LogP) is 1.45. The highest BCUT2D eigenvalue weighted by atomic mass is 19.4. The van der Waals surface area contributed by atoms with Gasteiger partial charge in [-0.3, -0.25) is 0 Å². The molecule has 1 atom stereocenters. The van der Waals surface area contributed by atoms with Crippen molar-refractivity contribution in [3.05, 3.63) is 0 Å². The van der Waals surface area contributed by atoms with Crippen LogP contribution in [0.4, 0.5) is 18.0 Å². The third kappa shape index (κ3) is 5.46. The normalized spacial score (nSPS) is 21.4. The van der Waals surface area contributed by atoms with Gasteiger partial charge in [-0.15, -0.1) is 0 Å². The molecule has 88 valence electrons. The molecule has 0 radical (unpaired) electrons. The van der Waals surface area contributed by atoms with Crippen molar-refractivity contribution in [2.45, 2.75) is 25.1 Å². The van der Waals surface area contributed by atoms with E-state index in [2.05, 4.69) is 10.1 Å². The molecule has 0 bridgehead atoms. The lowest BCUT2D eigenvalue weighted by Gasteiger charge is -2.11. The Morgan fingerprint density at radius 1 is 1.53 bits per heavy atom. The van der Waals surface area contributed by atoms with Crippen molar-refractivity contribution >= 4 is 6.09 Å². The van der Waals surface area contributed by atoms with E-state index in [0.717, 1.165) is 12.8 Å². The van der Waals surface area contributed by atoms with Crippen LogP contribution < -0.4 is 5.32 Å². The molecule has 15 heavy (non-hydrogen) atoms. The summed E-state index contributed by atoms with van der Waals surface area (Å²) in [5.41, 5.74) is 0. The van der Waals surface area contributed by atoms with Crippen LogP contribution in [0.5, 0.6) is 0 Å². The maximum Gasteiger partial charge on any atom is 0.422 e. The van der Waals surface area contributed by atoms with Gasteiger partial charge in [0.2, 0.25) is 0 Å². The standard InChI is InChI=1S/C8H12F3NO3/c9-8(10,11)5-15-7(13)12-4-6-2-1-3-14-6/h6H,1-5H2,(H,12,13)/t6-/m0/s1. The van der Waals surface area contributed by atoms with Crippen molar-refractivity contribution in [1.29, 1.82) is 0 Å². The van der Waals surface area contributed by atoms with E-state index in [9.17, 15) is 18.0 Å². The Labute approximate surface area is 84.7 Å². The van der Waals surface area contributed by atoms with E-state index >= 15 is 0 Å². The SMILES string of the molecule is O=C(NC[C@@H]1CCCO1)OCC(F)(F)F. The van der Waals surface area contributed by atoms with Crippen molar-refractivity contribution in [3.8, 4) is 0 Å². The summed E-state index contributed by atoms with van der Waals surface area (Å²) in [7, 11) is 0. The van der Waals surface area contributed by atoms with Crippen molar-refractivity contribution < 1.29 is 27.4 Å². The number of carbonyl (C=O) groups is 1. The van der Waals surface area contributed by atoms with E-state index in [1.807, 2.05) is 0 Å². The minimum Gasteiger partial charge on any atom is -0.440 e. The molecule has 0 saturated carbocycles. The summed E-state index contributed by atoms with van der Waals surface area (Å²) in [5.74, 6) is 0. The van der Waals surface area contributed by atoms with Crippen molar-refractivity contribution in [2.24, 2.45) is 0 Å². The lowest BCUT2D eigenvalue weighted by Crippen LogP contribution is -2.34. The Balaban J connectivity index is 2.08. The number of nitrogens with one attached hydrogen (secondary N) is 1. The number of halogens is 3. The van der Waals surface area contributed by atoms with Crippen LogP contribution in [-0.4, -0.2) is 38.1 Å². The number of carbonyl (C=O) groups excluding carboxylic acids is 1. The number of ether oxygens (including phenoxy) is 2. The molecule has 7 heteroatoms. The van der Waals surface area contributed by atoms with Crippen LogP contribution in [0, 0.1) is 0 Å². The fourth-order valence-corrected chi connectivity index (χ4v) is 1.20. The largest absolute Gasteiger partial charge is 0.440 e. The number of alkyl carbamates (subject to hydrolysis) is 1. The summed E-state index contributed by atoms with van der Waals surface area (Å²) >= 11 is 0. The van der Waals surface area contributed by atoms with Gasteiger partial charge in [0.25, 0.3) is 0 Å². The number of alkyl halides is 3. The smallest absolute Gasteiger partial charge is 0.422 e. The molecule has 1 aliphatic rings. The minimum absolute atomic E-state index is 0.108. The topological polar surface area (TPSA) is 47.6 Å². The van der Waals surface area contributed by atoms with Gasteiger partial charge in [-0.05, 0) is 12.8 Å². The molecule has 0 aromatic rings. The van der Waals surface area contributed by atoms with Gasteiger partial charge in [-0.25, -0.2) is 4.79 Å². The Morgan fingerprint density at radius 2 is 2.27 bits per heavy atom. The lowest BCUT2D eigenvalue weighted by molar-refractivity contribution is -0.160. The molecular weight excluding hydrogens is 215 g/mol. The second-order valence-electron chi connectivity index (χ2n) is 3.21. The molecule has 1 aliphatic heterocycles. The van der Waals surface area contributed by atoms with E-state index in [0.29, 0.717) is 6.61 Å². The van der Waals surface area contributed by atoms with Crippen LogP contribution >= 0.6 is 0 Å². The van der Waals surface area contributed by atoms with Gasteiger partial charge in [0.15, 0.2) is 6.61 Å². The first-order valence-electron chi connectivity index (χ1n) is 4.56. The molecule has 0 aromatic carbocycles. The van der Waals surface area contributed by atoms with Gasteiger partial charge in [0, 0.05) is 13.2 Å². The molecule has 0 unspecified atom stereocenters. The van der Waals surface area contributed by atoms with Gasteiger partial charge < -0.3 is 14.8 Å². The molecular formula is C8H12F3NO3. The first kappa shape index (κ1) is 12.1. The van der Waals surface area contributed by atoms with Gasteiger partial charge in [0.1, 0.15) is 0 Å². The summed E-state index contributed by atoms with van der Waals surface area (Å²) in [5, 5.41) is 2.21. The van der Waals surface area contributed by atoms with Crippen LogP contribution in [-0.2, 0) is 9.47 Å². The van der Waals surface area contributed by atoms with E-state index in [-0.39, 0.29) is 12.6 Å². The highest BCUT2D eigenvalue weighted by Gasteiger charge is 2.29. The Bertz CT molecular complexity index is 214. The zero-order valence-electron chi connectivity index (χ0n) is 7.97. The number of hydrogen-bond acceptors (Lipinski definition) is 3. The minimum atomic E-state index is -4.48. The second-order valence-corrected chi connectivity index (χ2v) is 3.21. The van der Waals surface area contributed by atoms with Crippen molar-refractivity contribution in [2.75, 3.05) is 19.8 Å². The highest BCUT2D eigenvalue weighted by Crippen LogP contribution is 2.14. The van der Waals surface area contributed by atoms with Gasteiger partial charge in [0.05, 0.1) is 6.10 Å². The molecule has 1 rings (SSSR count). The van der Waals surface area contributed by atoms with E-state index in [4.69, 9.17) is 4.74 Å². The van der Waals surface area contributed by atoms with Crippen molar-refractivity contribution in [1.82, 2.24) is 5.32 Å². The molecule has 1 saturated heterocycles. The Kier molecular flexibility index (Phi) is 4.19. The molecule has 0 spiro atoms. The highest BCUT2D eigenvalue weighted by molar-refractivity contribution is 5.67. The van der Waals surface area contributed by atoms with Gasteiger partial charge >= 0.3 is 12.3 Å². The average Bonchev–Trinajstić information content (AvgIpc) is 2.62. The third-order valence-corrected chi connectivity index (χ3v) is 1.86. The summed E-state index contributed by atoms with van der Waals surface area (Å²) in [6, 6.07) is 0. The molecule has 4 nitrogen and oxygen atoms in total. The van der Waals surface area contributed by atoms with E-state index < -0.39 is 18.9 Å². The van der Waals surface area contributed by atoms with E-state index in [1.165, 1.54) is 0 Å². The first-order chi connectivity index (χ1) is 6.97. The number of rotatable bonds is 3. The number of amides is 1. The summed E-state index contributed by atoms with van der Waals surface area (Å²) in [6.45, 7) is -0.745. The quantitative estimate of drug-likeness (QED) is 0.793. The Morgan fingerprint density at radius 3 is 2.80 bits per heavy atom. The second kappa shape index (κ2) is 5.20. The summed E-state index contributed by atoms with van der Waals surface area (Å²) < 4.78 is 44.0. The van der Waals surface area contributed by atoms with Gasteiger partial charge in [-0.1, -0.05) is 0 Å². The summed E-state index contributed by atoms with van der Waals surface area (Å²) in [6.07, 6.45) is -3.95. The van der Waals surface area contributed by atoms with Crippen LogP contribution in [0.2, 0.25) is 0 Å². The first-order valence-corrected chi connectivity index (χ1v) is 4.56. The maximum atomic E-state index is 11.6. The predicted molar refractivity (Wildman–Crippen MR) is 44.4 cm³/mol. The third-order valence-electron chi connectivity index (χ3n) is 1.86. The fraction of sp³-hybridized carbons (Fsp3) is 0.875. The zero-order valence-corrected chi connectivity index (χ0v) is 7.97. The lowest BCUT2D eigenvalue weighted by atomic mass is 10.2. The number of hydrogen-bond donors (Lipinski definition) is 1. The molecule has 1 N–H and O–H groups in total. The Hall–Kier alpha value is -0.980. The zero-order chi connectivity index (χ0) is 11.3. The molecule has 0 aliphatic carbocycles.